The summed E-state index contributed by atoms with van der Waals surface area (Å²) >= 11 is 0. The van der Waals surface area contributed by atoms with Crippen molar-refractivity contribution in [3.05, 3.63) is 185 Å². The molecule has 66 heavy (non-hydrogen) atoms. The molecule has 0 bridgehead atoms. The lowest BCUT2D eigenvalue weighted by Crippen LogP contribution is -2.62. The van der Waals surface area contributed by atoms with Gasteiger partial charge in [0.25, 0.3) is 0 Å². The maximum Gasteiger partial charge on any atom is 0.333 e. The highest BCUT2D eigenvalue weighted by Crippen LogP contribution is 2.55. The van der Waals surface area contributed by atoms with Gasteiger partial charge in [-0.1, -0.05) is 145 Å². The molecule has 1 aliphatic carbocycles. The summed E-state index contributed by atoms with van der Waals surface area (Å²) in [5.41, 5.74) is 22.6. The van der Waals surface area contributed by atoms with Gasteiger partial charge in [0.05, 0.1) is 0 Å². The van der Waals surface area contributed by atoms with Gasteiger partial charge in [-0.2, -0.15) is 0 Å². The molecular formula is C61H53BN2O2. The van der Waals surface area contributed by atoms with E-state index < -0.39 is 0 Å². The van der Waals surface area contributed by atoms with Crippen LogP contribution in [0.5, 0.6) is 11.5 Å². The summed E-state index contributed by atoms with van der Waals surface area (Å²) in [6.07, 6.45) is 2.32. The van der Waals surface area contributed by atoms with E-state index in [9.17, 15) is 0 Å². The lowest BCUT2D eigenvalue weighted by Gasteiger charge is -2.48. The van der Waals surface area contributed by atoms with Gasteiger partial charge in [0.2, 0.25) is 0 Å². The second-order valence-electron chi connectivity index (χ2n) is 21.3. The zero-order chi connectivity index (χ0) is 45.0. The molecule has 0 spiro atoms. The Kier molecular flexibility index (Phi) is 8.09. The monoisotopic (exact) mass is 856 g/mol. The second-order valence-corrected chi connectivity index (χ2v) is 21.3. The Morgan fingerprint density at radius 1 is 0.485 bits per heavy atom. The number of nitrogens with zero attached hydrogens (tertiary/aromatic N) is 2. The van der Waals surface area contributed by atoms with Gasteiger partial charge in [-0.05, 0) is 118 Å². The lowest BCUT2D eigenvalue weighted by atomic mass is 9.43. The molecule has 8 aromatic carbocycles. The van der Waals surface area contributed by atoms with Gasteiger partial charge in [0.1, 0.15) is 22.7 Å². The Balaban J connectivity index is 1.18. The number of benzene rings is 8. The molecule has 13 rings (SSSR count). The molecule has 0 fully saturated rings. The number of anilines is 5. The molecule has 5 heteroatoms. The number of hydrogen-bond donors (Lipinski definition) is 0. The fourth-order valence-electron chi connectivity index (χ4n) is 12.3. The number of furan rings is 1. The molecule has 9 aromatic rings. The summed E-state index contributed by atoms with van der Waals surface area (Å²) in [5, 5.41) is 2.26. The maximum atomic E-state index is 7.03. The van der Waals surface area contributed by atoms with E-state index in [4.69, 9.17) is 9.15 Å². The van der Waals surface area contributed by atoms with Crippen molar-refractivity contribution in [1.29, 1.82) is 0 Å². The molecule has 322 valence electrons. The van der Waals surface area contributed by atoms with E-state index in [2.05, 4.69) is 217 Å². The predicted molar refractivity (Wildman–Crippen MR) is 276 cm³/mol. The van der Waals surface area contributed by atoms with E-state index in [1.165, 1.54) is 84.4 Å². The van der Waals surface area contributed by atoms with Crippen LogP contribution in [0.2, 0.25) is 0 Å². The van der Waals surface area contributed by atoms with Gasteiger partial charge in [0, 0.05) is 79.0 Å². The van der Waals surface area contributed by atoms with E-state index in [0.29, 0.717) is 0 Å². The van der Waals surface area contributed by atoms with Crippen LogP contribution in [0, 0.1) is 13.8 Å². The zero-order valence-electron chi connectivity index (χ0n) is 39.1. The van der Waals surface area contributed by atoms with Crippen molar-refractivity contribution in [2.45, 2.75) is 84.5 Å². The Morgan fingerprint density at radius 2 is 1.20 bits per heavy atom. The Hall–Kier alpha value is -6.98. The van der Waals surface area contributed by atoms with Gasteiger partial charge in [-0.3, -0.25) is 0 Å². The van der Waals surface area contributed by atoms with Gasteiger partial charge >= 0.3 is 6.85 Å². The van der Waals surface area contributed by atoms with Crippen LogP contribution in [0.25, 0.3) is 44.2 Å². The molecule has 1 aromatic heterocycles. The highest BCUT2D eigenvalue weighted by Gasteiger charge is 2.49. The smallest absolute Gasteiger partial charge is 0.333 e. The highest BCUT2D eigenvalue weighted by molar-refractivity contribution is 6.93. The van der Waals surface area contributed by atoms with Crippen LogP contribution < -0.4 is 25.4 Å². The Bertz CT molecular complexity index is 3540. The molecule has 3 aliphatic heterocycles. The number of hydrogen-bond acceptors (Lipinski definition) is 4. The topological polar surface area (TPSA) is 28.9 Å². The van der Waals surface area contributed by atoms with E-state index in [1.54, 1.807) is 0 Å². The average Bonchev–Trinajstić information content (AvgIpc) is 3.67. The highest BCUT2D eigenvalue weighted by atomic mass is 16.5. The molecular weight excluding hydrogens is 803 g/mol. The van der Waals surface area contributed by atoms with E-state index in [0.717, 1.165) is 56.9 Å². The molecule has 0 N–H and O–H groups in total. The predicted octanol–water partition coefficient (Wildman–Crippen LogP) is 15.4. The third kappa shape index (κ3) is 5.46. The second kappa shape index (κ2) is 13.5. The number of aryl methyl sites for hydroxylation is 2. The Morgan fingerprint density at radius 3 is 2.02 bits per heavy atom. The number of para-hydroxylation sites is 3. The molecule has 0 saturated heterocycles. The molecule has 0 amide bonds. The van der Waals surface area contributed by atoms with Crippen LogP contribution in [0.1, 0.15) is 87.8 Å². The first-order valence-corrected chi connectivity index (χ1v) is 23.7. The van der Waals surface area contributed by atoms with Crippen molar-refractivity contribution in [3.8, 4) is 33.8 Å². The lowest BCUT2D eigenvalue weighted by molar-refractivity contribution is 0.332. The summed E-state index contributed by atoms with van der Waals surface area (Å²) in [4.78, 5) is 5.25. The van der Waals surface area contributed by atoms with Crippen molar-refractivity contribution < 1.29 is 9.15 Å². The Labute approximate surface area is 388 Å². The SMILES string of the molecule is Cc1cc2c3c(c1)N(c1cc4c(cc1C)C(C)(C)CCC4(C)C)c1cc4c(cc1B3N(c1ccccc1-c1ccccc1)c1cc3oc5ccccc5c3cc1-2)C(C)(C)c1ccccc1O4. The molecule has 4 nitrogen and oxygen atoms in total. The van der Waals surface area contributed by atoms with Crippen LogP contribution in [0.3, 0.4) is 0 Å². The minimum Gasteiger partial charge on any atom is -0.457 e. The molecule has 4 aliphatic rings. The van der Waals surface area contributed by atoms with Crippen LogP contribution in [-0.2, 0) is 16.2 Å². The van der Waals surface area contributed by atoms with Crippen LogP contribution >= 0.6 is 0 Å². The standard InChI is InChI=1S/C61H53BN2O2/c1-36-28-43-41-31-42-40-21-13-16-24-54(40)65-56(42)34-51(41)64(49-23-15-12-20-39(49)38-18-10-9-11-19-38)62-48-32-47-57(66-55-25-17-14-22-44(55)61(47,7)8)35-52(48)63(53(29-36)58(43)62)50-33-46-45(30-37(50)2)59(3,4)26-27-60(46,5)6/h9-25,28-35H,26-27H2,1-8H3. The summed E-state index contributed by atoms with van der Waals surface area (Å²) in [6, 6.07) is 56.5. The largest absolute Gasteiger partial charge is 0.457 e. The summed E-state index contributed by atoms with van der Waals surface area (Å²) in [5.74, 6) is 1.83. The zero-order valence-corrected chi connectivity index (χ0v) is 39.1. The molecule has 4 heterocycles. The van der Waals surface area contributed by atoms with Crippen molar-refractivity contribution in [2.75, 3.05) is 9.71 Å². The molecule has 0 atom stereocenters. The summed E-state index contributed by atoms with van der Waals surface area (Å²) < 4.78 is 13.8. The van der Waals surface area contributed by atoms with Gasteiger partial charge in [-0.15, -0.1) is 0 Å². The van der Waals surface area contributed by atoms with E-state index in [1.807, 2.05) is 0 Å². The fraction of sp³-hybridized carbons (Fsp3) is 0.213. The van der Waals surface area contributed by atoms with Crippen molar-refractivity contribution in [2.24, 2.45) is 0 Å². The first-order chi connectivity index (χ1) is 31.8. The van der Waals surface area contributed by atoms with Gasteiger partial charge in [0.15, 0.2) is 0 Å². The number of fused-ring (bicyclic) bond motifs is 10. The summed E-state index contributed by atoms with van der Waals surface area (Å²) in [6.45, 7) is 18.9. The van der Waals surface area contributed by atoms with Crippen LogP contribution in [0.4, 0.5) is 28.4 Å². The fourth-order valence-corrected chi connectivity index (χ4v) is 12.3. The van der Waals surface area contributed by atoms with E-state index in [-0.39, 0.29) is 23.1 Å². The number of ether oxygens (including phenoxy) is 1. The minimum absolute atomic E-state index is 0.0306. The van der Waals surface area contributed by atoms with Crippen LogP contribution in [0.15, 0.2) is 156 Å². The average molecular weight is 857 g/mol. The third-order valence-corrected chi connectivity index (χ3v) is 15.9. The molecule has 0 unspecified atom stereocenters. The van der Waals surface area contributed by atoms with Crippen molar-refractivity contribution in [1.82, 2.24) is 0 Å². The maximum absolute atomic E-state index is 7.03. The van der Waals surface area contributed by atoms with E-state index >= 15 is 0 Å². The van der Waals surface area contributed by atoms with Gasteiger partial charge in [-0.25, -0.2) is 0 Å². The summed E-state index contributed by atoms with van der Waals surface area (Å²) in [7, 11) is 0. The first-order valence-electron chi connectivity index (χ1n) is 23.7. The third-order valence-electron chi connectivity index (χ3n) is 15.9. The first kappa shape index (κ1) is 39.4. The molecule has 0 radical (unpaired) electrons. The molecule has 0 saturated carbocycles. The number of rotatable bonds is 3. The minimum atomic E-state index is -0.322. The quantitative estimate of drug-likeness (QED) is 0.166. The van der Waals surface area contributed by atoms with Crippen LogP contribution in [-0.4, -0.2) is 6.85 Å². The van der Waals surface area contributed by atoms with Crippen molar-refractivity contribution >= 4 is 68.1 Å². The van der Waals surface area contributed by atoms with Gasteiger partial charge < -0.3 is 18.9 Å². The van der Waals surface area contributed by atoms with Crippen molar-refractivity contribution in [3.63, 3.8) is 0 Å². The normalized spacial score (nSPS) is 16.8.